The molecule has 0 saturated carbocycles. The predicted molar refractivity (Wildman–Crippen MR) is 77.3 cm³/mol. The molecule has 108 valence electrons. The van der Waals surface area contributed by atoms with Gasteiger partial charge in [0.15, 0.2) is 0 Å². The van der Waals surface area contributed by atoms with Crippen LogP contribution in [-0.4, -0.2) is 16.0 Å². The van der Waals surface area contributed by atoms with Crippen LogP contribution in [0.3, 0.4) is 0 Å². The second-order valence-corrected chi connectivity index (χ2v) is 5.18. The molecule has 0 amide bonds. The highest BCUT2D eigenvalue weighted by Gasteiger charge is 2.10. The molecule has 0 spiro atoms. The van der Waals surface area contributed by atoms with E-state index in [9.17, 15) is 0 Å². The lowest BCUT2D eigenvalue weighted by Gasteiger charge is -2.09. The van der Waals surface area contributed by atoms with Crippen LogP contribution in [0.2, 0.25) is 0 Å². The number of halogens is 1. The molecule has 2 rings (SSSR count). The van der Waals surface area contributed by atoms with Gasteiger partial charge in [-0.15, -0.1) is 0 Å². The summed E-state index contributed by atoms with van der Waals surface area (Å²) >= 11 is 0. The summed E-state index contributed by atoms with van der Waals surface area (Å²) in [5.41, 5.74) is 3.46. The molecule has 0 radical (unpaired) electrons. The van der Waals surface area contributed by atoms with Gasteiger partial charge in [0.1, 0.15) is 0 Å². The second kappa shape index (κ2) is 7.98. The van der Waals surface area contributed by atoms with E-state index < -0.39 is 0 Å². The maximum Gasteiger partial charge on any atom is 0.326 e. The van der Waals surface area contributed by atoms with Crippen LogP contribution in [0, 0.1) is 13.8 Å². The Labute approximate surface area is 127 Å². The molecule has 1 aromatic carbocycles. The lowest BCUT2D eigenvalue weighted by Crippen LogP contribution is -3.00. The van der Waals surface area contributed by atoms with Crippen molar-refractivity contribution in [3.8, 4) is 0 Å². The minimum atomic E-state index is 0. The van der Waals surface area contributed by atoms with Gasteiger partial charge in [0, 0.05) is 17.8 Å². The first-order valence-electron chi connectivity index (χ1n) is 6.84. The number of aromatic nitrogens is 2. The van der Waals surface area contributed by atoms with Crippen molar-refractivity contribution >= 4 is 5.95 Å². The van der Waals surface area contributed by atoms with Crippen molar-refractivity contribution in [2.75, 3.05) is 0 Å². The Morgan fingerprint density at radius 3 is 2.25 bits per heavy atom. The van der Waals surface area contributed by atoms with Gasteiger partial charge in [-0.05, 0) is 38.8 Å². The highest BCUT2D eigenvalue weighted by Crippen LogP contribution is 2.04. The van der Waals surface area contributed by atoms with E-state index in [1.54, 1.807) is 0 Å². The summed E-state index contributed by atoms with van der Waals surface area (Å²) in [5.74, 6) is 0.859. The first-order chi connectivity index (χ1) is 9.13. The van der Waals surface area contributed by atoms with Gasteiger partial charge in [0.05, 0.1) is 6.04 Å². The van der Waals surface area contributed by atoms with Crippen molar-refractivity contribution in [1.29, 1.82) is 0 Å². The molecule has 0 aliphatic rings. The van der Waals surface area contributed by atoms with Crippen LogP contribution in [0.1, 0.15) is 30.3 Å². The SMILES string of the molecule is Cc1cc(C)nc([NH2+]C(C)CCc2ccccc2)n1.[Cl-]. The van der Waals surface area contributed by atoms with Crippen LogP contribution in [0.15, 0.2) is 36.4 Å². The van der Waals surface area contributed by atoms with E-state index >= 15 is 0 Å². The average molecular weight is 292 g/mol. The molecule has 3 nitrogen and oxygen atoms in total. The summed E-state index contributed by atoms with van der Waals surface area (Å²) in [6, 6.07) is 13.1. The summed E-state index contributed by atoms with van der Waals surface area (Å²) < 4.78 is 0. The van der Waals surface area contributed by atoms with Crippen molar-refractivity contribution in [2.24, 2.45) is 0 Å². The molecule has 0 fully saturated rings. The Morgan fingerprint density at radius 1 is 1.05 bits per heavy atom. The second-order valence-electron chi connectivity index (χ2n) is 5.18. The number of aryl methyl sites for hydroxylation is 3. The van der Waals surface area contributed by atoms with Crippen LogP contribution in [0.25, 0.3) is 0 Å². The van der Waals surface area contributed by atoms with Gasteiger partial charge in [-0.25, -0.2) is 0 Å². The number of quaternary nitrogens is 1. The van der Waals surface area contributed by atoms with Gasteiger partial charge in [0.2, 0.25) is 0 Å². The third-order valence-electron chi connectivity index (χ3n) is 3.16. The third kappa shape index (κ3) is 5.27. The predicted octanol–water partition coefficient (Wildman–Crippen LogP) is -0.686. The number of benzene rings is 1. The summed E-state index contributed by atoms with van der Waals surface area (Å²) in [7, 11) is 0. The summed E-state index contributed by atoms with van der Waals surface area (Å²) in [6.07, 6.45) is 2.23. The standard InChI is InChI=1S/C16H21N3.ClH/c1-12(9-10-15-7-5-4-6-8-15)17-16-18-13(2)11-14(3)19-16;/h4-8,11-12H,9-10H2,1-3H3,(H,17,18,19);1H. The van der Waals surface area contributed by atoms with Crippen molar-refractivity contribution in [2.45, 2.75) is 39.7 Å². The molecule has 0 aliphatic carbocycles. The first kappa shape index (κ1) is 16.6. The fourth-order valence-electron chi connectivity index (χ4n) is 2.20. The maximum atomic E-state index is 4.46. The monoisotopic (exact) mass is 291 g/mol. The van der Waals surface area contributed by atoms with Crippen LogP contribution < -0.4 is 17.7 Å². The molecule has 20 heavy (non-hydrogen) atoms. The zero-order chi connectivity index (χ0) is 13.7. The first-order valence-corrected chi connectivity index (χ1v) is 6.84. The third-order valence-corrected chi connectivity index (χ3v) is 3.16. The van der Waals surface area contributed by atoms with E-state index in [1.807, 2.05) is 19.9 Å². The van der Waals surface area contributed by atoms with Crippen molar-refractivity contribution < 1.29 is 17.7 Å². The molecular weight excluding hydrogens is 270 g/mol. The zero-order valence-corrected chi connectivity index (χ0v) is 13.1. The minimum Gasteiger partial charge on any atom is -1.00 e. The molecule has 0 bridgehead atoms. The van der Waals surface area contributed by atoms with Crippen molar-refractivity contribution in [3.05, 3.63) is 53.3 Å². The molecule has 0 saturated heterocycles. The zero-order valence-electron chi connectivity index (χ0n) is 12.3. The Kier molecular flexibility index (Phi) is 6.62. The van der Waals surface area contributed by atoms with Crippen molar-refractivity contribution in [3.63, 3.8) is 0 Å². The molecule has 2 aromatic rings. The van der Waals surface area contributed by atoms with E-state index in [2.05, 4.69) is 52.5 Å². The largest absolute Gasteiger partial charge is 1.00 e. The van der Waals surface area contributed by atoms with Gasteiger partial charge in [-0.1, -0.05) is 30.3 Å². The fraction of sp³-hybridized carbons (Fsp3) is 0.375. The van der Waals surface area contributed by atoms with E-state index in [0.717, 1.165) is 30.2 Å². The van der Waals surface area contributed by atoms with Gasteiger partial charge in [0.25, 0.3) is 0 Å². The van der Waals surface area contributed by atoms with Crippen molar-refractivity contribution in [1.82, 2.24) is 9.97 Å². The van der Waals surface area contributed by atoms with E-state index in [1.165, 1.54) is 5.56 Å². The fourth-order valence-corrected chi connectivity index (χ4v) is 2.20. The highest BCUT2D eigenvalue weighted by atomic mass is 35.5. The summed E-state index contributed by atoms with van der Waals surface area (Å²) in [6.45, 7) is 6.26. The molecule has 4 heteroatoms. The number of nitrogens with zero attached hydrogens (tertiary/aromatic N) is 2. The summed E-state index contributed by atoms with van der Waals surface area (Å²) in [4.78, 5) is 8.92. The van der Waals surface area contributed by atoms with Gasteiger partial charge < -0.3 is 12.4 Å². The molecule has 1 unspecified atom stereocenters. The smallest absolute Gasteiger partial charge is 0.326 e. The quantitative estimate of drug-likeness (QED) is 0.793. The van der Waals surface area contributed by atoms with E-state index in [-0.39, 0.29) is 12.4 Å². The Bertz CT molecular complexity index is 508. The highest BCUT2D eigenvalue weighted by molar-refractivity contribution is 5.15. The van der Waals surface area contributed by atoms with E-state index in [0.29, 0.717) is 6.04 Å². The van der Waals surface area contributed by atoms with Gasteiger partial charge >= 0.3 is 5.95 Å². The van der Waals surface area contributed by atoms with Crippen LogP contribution in [-0.2, 0) is 6.42 Å². The molecular formula is C16H22ClN3. The number of nitrogens with two attached hydrogens (primary N) is 1. The average Bonchev–Trinajstić information content (AvgIpc) is 2.36. The summed E-state index contributed by atoms with van der Waals surface area (Å²) in [5, 5.41) is 2.17. The Balaban J connectivity index is 0.00000200. The Hall–Kier alpha value is -1.45. The molecule has 0 aliphatic heterocycles. The van der Waals surface area contributed by atoms with Crippen LogP contribution in [0.5, 0.6) is 0 Å². The molecule has 1 atom stereocenters. The number of rotatable bonds is 5. The van der Waals surface area contributed by atoms with Gasteiger partial charge in [-0.3, -0.25) is 5.32 Å². The van der Waals surface area contributed by atoms with E-state index in [4.69, 9.17) is 0 Å². The number of hydrogen-bond acceptors (Lipinski definition) is 2. The van der Waals surface area contributed by atoms with Gasteiger partial charge in [-0.2, -0.15) is 9.97 Å². The normalized spacial score (nSPS) is 11.8. The lowest BCUT2D eigenvalue weighted by atomic mass is 10.1. The van der Waals surface area contributed by atoms with Crippen LogP contribution >= 0.6 is 0 Å². The number of hydrogen-bond donors (Lipinski definition) is 1. The Morgan fingerprint density at radius 2 is 1.65 bits per heavy atom. The maximum absolute atomic E-state index is 4.46. The molecule has 1 heterocycles. The minimum absolute atomic E-state index is 0. The van der Waals surface area contributed by atoms with Crippen LogP contribution in [0.4, 0.5) is 5.95 Å². The lowest BCUT2D eigenvalue weighted by molar-refractivity contribution is -0.614. The molecule has 2 N–H and O–H groups in total. The topological polar surface area (TPSA) is 42.4 Å². The molecule has 1 aromatic heterocycles.